The quantitative estimate of drug-likeness (QED) is 0.864. The van der Waals surface area contributed by atoms with Crippen molar-refractivity contribution in [2.24, 2.45) is 0 Å². The fourth-order valence-electron chi connectivity index (χ4n) is 4.48. The lowest BCUT2D eigenvalue weighted by Crippen LogP contribution is -2.59. The molecule has 27 heavy (non-hydrogen) atoms. The van der Waals surface area contributed by atoms with Crippen molar-refractivity contribution in [1.82, 2.24) is 14.8 Å². The van der Waals surface area contributed by atoms with E-state index in [1.165, 1.54) is 23.8 Å². The Kier molecular flexibility index (Phi) is 5.31. The Morgan fingerprint density at radius 3 is 2.63 bits per heavy atom. The van der Waals surface area contributed by atoms with Gasteiger partial charge in [0.25, 0.3) is 0 Å². The van der Waals surface area contributed by atoms with Crippen LogP contribution in [0.3, 0.4) is 0 Å². The first-order valence-corrected chi connectivity index (χ1v) is 9.86. The highest BCUT2D eigenvalue weighted by Crippen LogP contribution is 2.33. The molecule has 1 saturated heterocycles. The molecule has 2 aromatic rings. The molecule has 146 valence electrons. The van der Waals surface area contributed by atoms with E-state index in [0.29, 0.717) is 17.6 Å². The fraction of sp³-hybridized carbons (Fsp3) is 0.600. The van der Waals surface area contributed by atoms with Gasteiger partial charge in [-0.2, -0.15) is 0 Å². The topological polar surface area (TPSA) is 76.7 Å². The Morgan fingerprint density at radius 2 is 1.85 bits per heavy atom. The monoisotopic (exact) mass is 373 g/mol. The smallest absolute Gasteiger partial charge is 0.408 e. The Hall–Kier alpha value is -2.12. The molecule has 1 aromatic heterocycles. The number of benzene rings is 1. The molecule has 2 heterocycles. The number of morpholine rings is 1. The first kappa shape index (κ1) is 18.3. The van der Waals surface area contributed by atoms with Crippen LogP contribution in [0.4, 0.5) is 0 Å². The highest BCUT2D eigenvalue weighted by atomic mass is 16.5. The van der Waals surface area contributed by atoms with Gasteiger partial charge < -0.3 is 14.5 Å². The molecular formula is C20H27N3O4. The normalized spacial score (nSPS) is 20.6. The molecule has 0 radical (unpaired) electrons. The van der Waals surface area contributed by atoms with E-state index in [9.17, 15) is 9.59 Å². The Labute approximate surface area is 158 Å². The number of oxazole rings is 1. The number of hydrogen-bond acceptors (Lipinski definition) is 5. The predicted octanol–water partition coefficient (Wildman–Crippen LogP) is 1.75. The molecule has 2 fully saturated rings. The summed E-state index contributed by atoms with van der Waals surface area (Å²) in [5, 5.41) is 3.10. The lowest BCUT2D eigenvalue weighted by molar-refractivity contribution is -0.123. The average molecular weight is 373 g/mol. The Balaban J connectivity index is 1.45. The first-order valence-electron chi connectivity index (χ1n) is 9.86. The zero-order valence-electron chi connectivity index (χ0n) is 15.6. The molecule has 1 aliphatic heterocycles. The second kappa shape index (κ2) is 7.86. The molecule has 1 amide bonds. The number of nitrogens with zero attached hydrogens (tertiary/aromatic N) is 2. The molecule has 4 rings (SSSR count). The standard InChI is InChI=1S/C20H27N3O4/c24-18(14-23-16-6-2-3-7-17(16)27-19(23)25)21-15-20(8-4-1-5-9-20)22-10-12-26-13-11-22/h2-3,6-7H,1,4-5,8-15H2,(H,21,24). The molecule has 0 unspecified atom stereocenters. The largest absolute Gasteiger partial charge is 0.420 e. The number of carbonyl (C=O) groups excluding carboxylic acids is 1. The lowest BCUT2D eigenvalue weighted by atomic mass is 9.79. The van der Waals surface area contributed by atoms with Gasteiger partial charge >= 0.3 is 5.76 Å². The molecule has 1 saturated carbocycles. The van der Waals surface area contributed by atoms with Crippen molar-refractivity contribution in [3.05, 3.63) is 34.8 Å². The van der Waals surface area contributed by atoms with E-state index in [0.717, 1.165) is 39.1 Å². The van der Waals surface area contributed by atoms with Crippen LogP contribution in [0.2, 0.25) is 0 Å². The number of carbonyl (C=O) groups is 1. The van der Waals surface area contributed by atoms with Gasteiger partial charge in [-0.15, -0.1) is 0 Å². The minimum absolute atomic E-state index is 0.0150. The van der Waals surface area contributed by atoms with Gasteiger partial charge in [0.05, 0.1) is 18.7 Å². The molecule has 1 aromatic carbocycles. The van der Waals surface area contributed by atoms with Crippen molar-refractivity contribution in [1.29, 1.82) is 0 Å². The highest BCUT2D eigenvalue weighted by molar-refractivity contribution is 5.79. The van der Waals surface area contributed by atoms with Crippen molar-refractivity contribution in [2.75, 3.05) is 32.8 Å². The van der Waals surface area contributed by atoms with Crippen LogP contribution in [0.15, 0.2) is 33.5 Å². The van der Waals surface area contributed by atoms with Gasteiger partial charge in [-0.3, -0.25) is 14.3 Å². The van der Waals surface area contributed by atoms with E-state index in [1.807, 2.05) is 12.1 Å². The highest BCUT2D eigenvalue weighted by Gasteiger charge is 2.38. The average Bonchev–Trinajstić information content (AvgIpc) is 3.03. The van der Waals surface area contributed by atoms with E-state index in [-0.39, 0.29) is 18.0 Å². The molecule has 0 atom stereocenters. The number of rotatable bonds is 5. The minimum atomic E-state index is -0.494. The summed E-state index contributed by atoms with van der Waals surface area (Å²) in [6.07, 6.45) is 5.85. The number of aromatic nitrogens is 1. The van der Waals surface area contributed by atoms with Crippen LogP contribution < -0.4 is 11.1 Å². The van der Waals surface area contributed by atoms with Gasteiger partial charge in [0.2, 0.25) is 5.91 Å². The molecule has 7 nitrogen and oxygen atoms in total. The lowest BCUT2D eigenvalue weighted by Gasteiger charge is -2.48. The van der Waals surface area contributed by atoms with Crippen molar-refractivity contribution in [3.63, 3.8) is 0 Å². The number of nitrogens with one attached hydrogen (secondary N) is 1. The molecule has 1 N–H and O–H groups in total. The van der Waals surface area contributed by atoms with Gasteiger partial charge in [0.1, 0.15) is 6.54 Å². The number of ether oxygens (including phenoxy) is 1. The van der Waals surface area contributed by atoms with E-state index in [1.54, 1.807) is 12.1 Å². The summed E-state index contributed by atoms with van der Waals surface area (Å²) >= 11 is 0. The van der Waals surface area contributed by atoms with Gasteiger partial charge in [-0.1, -0.05) is 31.4 Å². The summed E-state index contributed by atoms with van der Waals surface area (Å²) in [5.41, 5.74) is 1.17. The summed E-state index contributed by atoms with van der Waals surface area (Å²) in [7, 11) is 0. The van der Waals surface area contributed by atoms with Gasteiger partial charge in [0.15, 0.2) is 5.58 Å². The molecule has 0 spiro atoms. The van der Waals surface area contributed by atoms with Crippen LogP contribution in [0.25, 0.3) is 11.1 Å². The van der Waals surface area contributed by atoms with Crippen molar-refractivity contribution in [3.8, 4) is 0 Å². The SMILES string of the molecule is O=C(Cn1c(=O)oc2ccccc21)NCC1(N2CCOCC2)CCCCC1. The van der Waals surface area contributed by atoms with Crippen LogP contribution in [-0.4, -0.2) is 53.8 Å². The van der Waals surface area contributed by atoms with E-state index in [4.69, 9.17) is 9.15 Å². The third-order valence-corrected chi connectivity index (χ3v) is 5.96. The second-order valence-electron chi connectivity index (χ2n) is 7.58. The van der Waals surface area contributed by atoms with Gasteiger partial charge in [-0.25, -0.2) is 4.79 Å². The zero-order chi connectivity index (χ0) is 18.7. The molecule has 0 bridgehead atoms. The van der Waals surface area contributed by atoms with Crippen molar-refractivity contribution in [2.45, 2.75) is 44.2 Å². The maximum absolute atomic E-state index is 12.6. The number of hydrogen-bond donors (Lipinski definition) is 1. The van der Waals surface area contributed by atoms with E-state index >= 15 is 0 Å². The van der Waals surface area contributed by atoms with Gasteiger partial charge in [0, 0.05) is 25.2 Å². The molecule has 7 heteroatoms. The minimum Gasteiger partial charge on any atom is -0.408 e. The fourth-order valence-corrected chi connectivity index (χ4v) is 4.48. The maximum Gasteiger partial charge on any atom is 0.420 e. The maximum atomic E-state index is 12.6. The van der Waals surface area contributed by atoms with Gasteiger partial charge in [-0.05, 0) is 25.0 Å². The Bertz CT molecular complexity index is 844. The van der Waals surface area contributed by atoms with Crippen molar-refractivity contribution < 1.29 is 13.9 Å². The van der Waals surface area contributed by atoms with Crippen LogP contribution in [0.1, 0.15) is 32.1 Å². The predicted molar refractivity (Wildman–Crippen MR) is 102 cm³/mol. The van der Waals surface area contributed by atoms with Crippen LogP contribution >= 0.6 is 0 Å². The second-order valence-corrected chi connectivity index (χ2v) is 7.58. The zero-order valence-corrected chi connectivity index (χ0v) is 15.6. The molecular weight excluding hydrogens is 346 g/mol. The third-order valence-electron chi connectivity index (χ3n) is 5.96. The van der Waals surface area contributed by atoms with E-state index < -0.39 is 5.76 Å². The summed E-state index contributed by atoms with van der Waals surface area (Å²) in [4.78, 5) is 27.2. The van der Waals surface area contributed by atoms with Crippen LogP contribution in [-0.2, 0) is 16.1 Å². The number of fused-ring (bicyclic) bond motifs is 1. The molecule has 1 aliphatic carbocycles. The summed E-state index contributed by atoms with van der Waals surface area (Å²) in [6.45, 7) is 3.95. The number of amides is 1. The number of para-hydroxylation sites is 2. The summed E-state index contributed by atoms with van der Waals surface area (Å²) in [5.74, 6) is -0.645. The summed E-state index contributed by atoms with van der Waals surface area (Å²) < 4.78 is 12.1. The van der Waals surface area contributed by atoms with Crippen LogP contribution in [0.5, 0.6) is 0 Å². The first-order chi connectivity index (χ1) is 13.2. The Morgan fingerprint density at radius 1 is 1.11 bits per heavy atom. The molecule has 2 aliphatic rings. The summed E-state index contributed by atoms with van der Waals surface area (Å²) in [6, 6.07) is 7.18. The van der Waals surface area contributed by atoms with Crippen molar-refractivity contribution >= 4 is 17.0 Å². The van der Waals surface area contributed by atoms with E-state index in [2.05, 4.69) is 10.2 Å². The third kappa shape index (κ3) is 3.80. The van der Waals surface area contributed by atoms with Crippen LogP contribution in [0, 0.1) is 0 Å².